The lowest BCUT2D eigenvalue weighted by Gasteiger charge is -2.11. The summed E-state index contributed by atoms with van der Waals surface area (Å²) in [4.78, 5) is -5.26. The quantitative estimate of drug-likeness (QED) is 0.00611. The highest BCUT2D eigenvalue weighted by atomic mass is 32.3. The van der Waals surface area contributed by atoms with Crippen LogP contribution in [0.3, 0.4) is 0 Å². The Balaban J connectivity index is 1.68. The Morgan fingerprint density at radius 3 is 1.28 bits per heavy atom. The summed E-state index contributed by atoms with van der Waals surface area (Å²) in [6, 6.07) is 9.86. The van der Waals surface area contributed by atoms with Crippen molar-refractivity contribution in [1.29, 1.82) is 0 Å². The van der Waals surface area contributed by atoms with Gasteiger partial charge in [-0.2, -0.15) is 33.7 Å². The first-order valence-corrected chi connectivity index (χ1v) is 31.7. The molecule has 0 heterocycles. The molecule has 0 aliphatic heterocycles. The van der Waals surface area contributed by atoms with E-state index in [2.05, 4.69) is 53.6 Å². The van der Waals surface area contributed by atoms with Crippen molar-refractivity contribution >= 4 is 151 Å². The molecule has 5 aromatic carbocycles. The van der Waals surface area contributed by atoms with E-state index in [1.165, 1.54) is 0 Å². The normalized spacial score (nSPS) is 13.4. The average molecular weight is 1280 g/mol. The maximum atomic E-state index is 13.0. The zero-order chi connectivity index (χ0) is 58.1. The molecule has 35 nitrogen and oxygen atoms in total. The van der Waals surface area contributed by atoms with Gasteiger partial charge in [0.25, 0.3) is 30.4 Å². The van der Waals surface area contributed by atoms with Crippen molar-refractivity contribution in [3.8, 4) is 0 Å². The van der Waals surface area contributed by atoms with Crippen LogP contribution < -0.4 is 11.5 Å². The molecule has 0 aromatic heterocycles. The number of sulfone groups is 3. The van der Waals surface area contributed by atoms with Gasteiger partial charge in [0.15, 0.2) is 54.2 Å². The van der Waals surface area contributed by atoms with E-state index in [1.807, 2.05) is 0 Å². The molecule has 0 amide bonds. The third-order valence-corrected chi connectivity index (χ3v) is 18.4. The van der Waals surface area contributed by atoms with Crippen LogP contribution in [0.4, 0.5) is 45.5 Å². The molecule has 10 N–H and O–H groups in total. The van der Waals surface area contributed by atoms with E-state index in [4.69, 9.17) is 34.9 Å². The maximum Gasteiger partial charge on any atom is 0.397 e. The minimum Gasteiger partial charge on any atom is -0.395 e. The van der Waals surface area contributed by atoms with Crippen LogP contribution in [0, 0.1) is 0 Å². The number of anilines is 2. The third kappa shape index (κ3) is 17.1. The summed E-state index contributed by atoms with van der Waals surface area (Å²) < 4.78 is 236. The van der Waals surface area contributed by atoms with Crippen LogP contribution in [0.5, 0.6) is 0 Å². The zero-order valence-corrected chi connectivity index (χ0v) is 45.3. The lowest BCUT2D eigenvalue weighted by molar-refractivity contribution is -0.434. The molecule has 0 atom stereocenters. The fourth-order valence-electron chi connectivity index (χ4n) is 6.05. The van der Waals surface area contributed by atoms with E-state index in [-0.39, 0.29) is 40.3 Å². The minimum absolute atomic E-state index is 0.0371. The number of nitrogen functional groups attached to an aromatic ring is 2. The lowest BCUT2D eigenvalue weighted by atomic mass is 10.1. The van der Waals surface area contributed by atoms with Gasteiger partial charge in [0.1, 0.15) is 48.8 Å². The predicted octanol–water partition coefficient (Wildman–Crippen LogP) is 5.13. The van der Waals surface area contributed by atoms with Crippen molar-refractivity contribution < 1.29 is 119 Å². The van der Waals surface area contributed by atoms with Crippen molar-refractivity contribution in [2.75, 3.05) is 48.5 Å². The highest BCUT2D eigenvalue weighted by molar-refractivity contribution is 7.92. The van der Waals surface area contributed by atoms with Crippen LogP contribution >= 0.6 is 24.6 Å². The molecule has 0 fully saturated rings. The molecule has 0 spiro atoms. The number of hydrogen-bond acceptors (Lipinski definition) is 33. The first-order chi connectivity index (χ1) is 36.2. The van der Waals surface area contributed by atoms with Gasteiger partial charge >= 0.3 is 10.4 Å². The van der Waals surface area contributed by atoms with E-state index in [1.54, 1.807) is 0 Å². The fraction of sp³-hybridized carbons (Fsp3) is 0.176. The summed E-state index contributed by atoms with van der Waals surface area (Å²) in [6.07, 6.45) is 0. The lowest BCUT2D eigenvalue weighted by Crippen LogP contribution is -2.16. The number of fused-ring (bicyclic) bond motifs is 1. The van der Waals surface area contributed by atoms with E-state index in [9.17, 15) is 72.6 Å². The minimum atomic E-state index is -5.43. The molecular weight excluding hydrogens is 1240 g/mol. The van der Waals surface area contributed by atoms with Gasteiger partial charge in [-0.25, -0.2) is 40.0 Å². The Hall–Kier alpha value is -5.41. The standard InChI is InChI=1S/C34H34N8O27S9/c35-31-27(40-37-24-7-3-21(16-29(24)75(51,52)53)73(47,48)13-10-64-71-69-67-44)18-28(32(36)33(31)42-38-25-8-4-22(17-30(25)76(54,55)56)74(49,50)14-11-65-78(60,61)62)41-39-26-6-1-19-15-20(2-5-23(19)34(26)77(57,58)59)72(45,46)12-9-63-70-68-66-43/h1-8,15-18,43-44H,9-14,35-36H2,(H,51,52,53)(H,54,55,56)(H,57,58,59)(H,60,61,62). The summed E-state index contributed by atoms with van der Waals surface area (Å²) in [7, 11) is -34.4. The van der Waals surface area contributed by atoms with Crippen LogP contribution in [0.1, 0.15) is 0 Å². The molecule has 44 heteroatoms. The van der Waals surface area contributed by atoms with Crippen LogP contribution in [-0.4, -0.2) is 125 Å². The molecule has 0 saturated heterocycles. The van der Waals surface area contributed by atoms with Gasteiger partial charge in [0, 0.05) is 5.39 Å². The molecule has 0 aliphatic rings. The van der Waals surface area contributed by atoms with Gasteiger partial charge in [0.2, 0.25) is 0 Å². The number of hydrogen-bond donors (Lipinski definition) is 8. The average Bonchev–Trinajstić information content (AvgIpc) is 3.36. The van der Waals surface area contributed by atoms with Gasteiger partial charge < -0.3 is 11.5 Å². The second-order valence-corrected chi connectivity index (χ2v) is 27.0. The summed E-state index contributed by atoms with van der Waals surface area (Å²) in [5, 5.41) is 45.5. The Labute approximate surface area is 448 Å². The highest BCUT2D eigenvalue weighted by Gasteiger charge is 2.27. The van der Waals surface area contributed by atoms with Crippen LogP contribution in [-0.2, 0) is 102 Å². The Morgan fingerprint density at radius 2 is 0.846 bits per heavy atom. The number of nitrogens with two attached hydrogens (primary N) is 2. The van der Waals surface area contributed by atoms with Crippen LogP contribution in [0.15, 0.2) is 133 Å². The van der Waals surface area contributed by atoms with Crippen molar-refractivity contribution in [1.82, 2.24) is 0 Å². The molecule has 0 aliphatic carbocycles. The largest absolute Gasteiger partial charge is 0.397 e. The Morgan fingerprint density at radius 1 is 0.449 bits per heavy atom. The molecule has 426 valence electrons. The van der Waals surface area contributed by atoms with E-state index >= 15 is 0 Å². The van der Waals surface area contributed by atoms with Gasteiger partial charge in [-0.1, -0.05) is 22.2 Å². The first-order valence-electron chi connectivity index (χ1n) is 19.8. The highest BCUT2D eigenvalue weighted by Crippen LogP contribution is 2.47. The van der Waals surface area contributed by atoms with Crippen LogP contribution in [0.25, 0.3) is 10.8 Å². The molecule has 78 heavy (non-hydrogen) atoms. The van der Waals surface area contributed by atoms with Crippen molar-refractivity contribution in [2.24, 2.45) is 30.7 Å². The van der Waals surface area contributed by atoms with Crippen molar-refractivity contribution in [3.05, 3.63) is 72.8 Å². The Kier molecular flexibility index (Phi) is 21.0. The second kappa shape index (κ2) is 25.8. The smallest absolute Gasteiger partial charge is 0.395 e. The third-order valence-electron chi connectivity index (χ3n) is 9.47. The summed E-state index contributed by atoms with van der Waals surface area (Å²) in [5.74, 6) is -2.63. The first kappa shape index (κ1) is 63.4. The summed E-state index contributed by atoms with van der Waals surface area (Å²) in [6.45, 7) is -2.23. The van der Waals surface area contributed by atoms with E-state index in [0.717, 1.165) is 54.6 Å². The van der Waals surface area contributed by atoms with Gasteiger partial charge in [-0.05, 0) is 66.0 Å². The van der Waals surface area contributed by atoms with Gasteiger partial charge in [-0.15, -0.1) is 39.4 Å². The number of azo groups is 3. The van der Waals surface area contributed by atoms with Gasteiger partial charge in [0.05, 0.1) is 63.1 Å². The second-order valence-electron chi connectivity index (χ2n) is 14.4. The molecule has 0 bridgehead atoms. The molecule has 0 radical (unpaired) electrons. The SMILES string of the molecule is Nc1c(N=Nc2ccc(S(=O)(=O)CCOSOOO)cc2S(=O)(=O)O)cc(N=Nc2ccc3cc(S(=O)(=O)CCOSOOO)ccc3c2S(=O)(=O)O)c(N)c1N=Nc1ccc(S(=O)(=O)CCOS(=O)(=O)O)cc1S(=O)(=O)O. The Bertz CT molecular complexity index is 4020. The molecule has 0 saturated carbocycles. The zero-order valence-electron chi connectivity index (χ0n) is 37.9. The maximum absolute atomic E-state index is 13.0. The van der Waals surface area contributed by atoms with E-state index < -0.39 is 177 Å². The van der Waals surface area contributed by atoms with Crippen LogP contribution in [0.2, 0.25) is 0 Å². The summed E-state index contributed by atoms with van der Waals surface area (Å²) in [5.41, 5.74) is 7.03. The molecule has 0 unspecified atom stereocenters. The van der Waals surface area contributed by atoms with Crippen molar-refractivity contribution in [3.63, 3.8) is 0 Å². The monoisotopic (exact) mass is 1270 g/mol. The topological polar surface area (TPSA) is 551 Å². The number of rotatable bonds is 28. The number of nitrogens with zero attached hydrogens (tertiary/aromatic N) is 6. The van der Waals surface area contributed by atoms with Gasteiger partial charge in [-0.3, -0.25) is 26.6 Å². The predicted molar refractivity (Wildman–Crippen MR) is 264 cm³/mol. The van der Waals surface area contributed by atoms with Crippen molar-refractivity contribution in [2.45, 2.75) is 29.4 Å². The molecule has 5 rings (SSSR count). The summed E-state index contributed by atoms with van der Waals surface area (Å²) >= 11 is 0.146. The van der Waals surface area contributed by atoms with E-state index in [0.29, 0.717) is 18.2 Å². The number of benzene rings is 5. The molecular formula is C34H34N8O27S9. The molecule has 5 aromatic rings. The fourth-order valence-corrected chi connectivity index (χ4v) is 12.7.